The first-order chi connectivity index (χ1) is 18.9. The maximum absolute atomic E-state index is 14.1. The first-order valence-corrected chi connectivity index (χ1v) is 12.7. The summed E-state index contributed by atoms with van der Waals surface area (Å²) in [5.41, 5.74) is 2.48. The van der Waals surface area contributed by atoms with E-state index in [4.69, 9.17) is 9.47 Å². The summed E-state index contributed by atoms with van der Waals surface area (Å²) in [7, 11) is 0. The average molecular weight is 537 g/mol. The molecule has 202 valence electrons. The van der Waals surface area contributed by atoms with Crippen molar-refractivity contribution in [3.63, 3.8) is 0 Å². The van der Waals surface area contributed by atoms with Crippen LogP contribution in [0, 0.1) is 29.9 Å². The van der Waals surface area contributed by atoms with Gasteiger partial charge in [-0.05, 0) is 25.8 Å². The standard InChI is InChI=1S/C26H26F2N8O3/c1-15-24(32-33-36(15)19-2-4-34(5-3-19)20-12-38-13-20)16-6-23(26-17(8-29)9-31-35(26)11-16)39-14-22(37)25-21(28)7-18(27)10-30-25/h6-7,9-11,19-20,22,37H,2-5,12-14H2,1H3. The van der Waals surface area contributed by atoms with E-state index in [-0.39, 0.29) is 29.7 Å². The van der Waals surface area contributed by atoms with E-state index in [0.717, 1.165) is 51.0 Å². The van der Waals surface area contributed by atoms with Crippen LogP contribution in [0.1, 0.15) is 41.9 Å². The SMILES string of the molecule is Cc1c(-c2cc(OCC(O)c3ncc(F)cc3F)c3c(C#N)cnn3c2)nnn1C1CCN(C2COC2)CC1. The van der Waals surface area contributed by atoms with Crippen molar-refractivity contribution in [1.82, 2.24) is 34.5 Å². The molecule has 0 amide bonds. The van der Waals surface area contributed by atoms with E-state index in [0.29, 0.717) is 28.9 Å². The molecule has 0 spiro atoms. The molecule has 2 aliphatic rings. The van der Waals surface area contributed by atoms with Crippen molar-refractivity contribution in [2.45, 2.75) is 38.0 Å². The largest absolute Gasteiger partial charge is 0.488 e. The fourth-order valence-electron chi connectivity index (χ4n) is 5.21. The number of hydrogen-bond donors (Lipinski definition) is 1. The second kappa shape index (κ2) is 10.3. The van der Waals surface area contributed by atoms with Crippen LogP contribution in [0.5, 0.6) is 5.75 Å². The predicted octanol–water partition coefficient (Wildman–Crippen LogP) is 2.59. The summed E-state index contributed by atoms with van der Waals surface area (Å²) in [5.74, 6) is -1.59. The molecule has 6 heterocycles. The number of pyridine rings is 2. The predicted molar refractivity (Wildman–Crippen MR) is 133 cm³/mol. The van der Waals surface area contributed by atoms with Crippen molar-refractivity contribution in [1.29, 1.82) is 5.26 Å². The molecule has 0 aromatic carbocycles. The van der Waals surface area contributed by atoms with E-state index < -0.39 is 17.7 Å². The van der Waals surface area contributed by atoms with Gasteiger partial charge < -0.3 is 14.6 Å². The van der Waals surface area contributed by atoms with Gasteiger partial charge in [-0.15, -0.1) is 5.10 Å². The molecule has 2 saturated heterocycles. The molecule has 1 unspecified atom stereocenters. The quantitative estimate of drug-likeness (QED) is 0.379. The third kappa shape index (κ3) is 4.71. The molecule has 4 aromatic rings. The smallest absolute Gasteiger partial charge is 0.150 e. The highest BCUT2D eigenvalue weighted by molar-refractivity contribution is 5.74. The summed E-state index contributed by atoms with van der Waals surface area (Å²) in [4.78, 5) is 6.11. The minimum atomic E-state index is -1.47. The zero-order chi connectivity index (χ0) is 27.1. The van der Waals surface area contributed by atoms with Gasteiger partial charge in [-0.1, -0.05) is 5.21 Å². The lowest BCUT2D eigenvalue weighted by Crippen LogP contribution is -2.52. The summed E-state index contributed by atoms with van der Waals surface area (Å²) < 4.78 is 42.0. The zero-order valence-electron chi connectivity index (χ0n) is 21.2. The second-order valence-corrected chi connectivity index (χ2v) is 9.83. The normalized spacial score (nSPS) is 17.7. The van der Waals surface area contributed by atoms with E-state index in [1.165, 1.54) is 10.7 Å². The highest BCUT2D eigenvalue weighted by Crippen LogP contribution is 2.33. The number of nitrogens with zero attached hydrogens (tertiary/aromatic N) is 8. The topological polar surface area (TPSA) is 127 Å². The van der Waals surface area contributed by atoms with Crippen LogP contribution in [0.25, 0.3) is 16.8 Å². The van der Waals surface area contributed by atoms with Gasteiger partial charge in [0.15, 0.2) is 0 Å². The maximum Gasteiger partial charge on any atom is 0.150 e. The fourth-order valence-corrected chi connectivity index (χ4v) is 5.21. The summed E-state index contributed by atoms with van der Waals surface area (Å²) in [6.07, 6.45) is 4.43. The number of hydrogen-bond acceptors (Lipinski definition) is 9. The number of likely N-dealkylation sites (tertiary alicyclic amines) is 1. The molecule has 0 aliphatic carbocycles. The molecule has 11 nitrogen and oxygen atoms in total. The zero-order valence-corrected chi connectivity index (χ0v) is 21.2. The third-order valence-electron chi connectivity index (χ3n) is 7.43. The van der Waals surface area contributed by atoms with Crippen molar-refractivity contribution >= 4 is 5.52 Å². The van der Waals surface area contributed by atoms with Gasteiger partial charge in [-0.3, -0.25) is 9.88 Å². The van der Waals surface area contributed by atoms with Crippen LogP contribution in [0.2, 0.25) is 0 Å². The fraction of sp³-hybridized carbons (Fsp3) is 0.423. The Morgan fingerprint density at radius 3 is 2.69 bits per heavy atom. The highest BCUT2D eigenvalue weighted by atomic mass is 19.1. The van der Waals surface area contributed by atoms with Crippen molar-refractivity contribution in [3.8, 4) is 23.1 Å². The first-order valence-electron chi connectivity index (χ1n) is 12.7. The lowest BCUT2D eigenvalue weighted by atomic mass is 10.0. The number of aliphatic hydroxyl groups excluding tert-OH is 1. The number of fused-ring (bicyclic) bond motifs is 1. The number of rotatable bonds is 7. The Kier molecular flexibility index (Phi) is 6.68. The molecule has 0 saturated carbocycles. The van der Waals surface area contributed by atoms with Crippen LogP contribution in [-0.4, -0.2) is 78.6 Å². The molecule has 4 aromatic heterocycles. The molecule has 2 fully saturated rings. The molecule has 2 aliphatic heterocycles. The van der Waals surface area contributed by atoms with Crippen molar-refractivity contribution < 1.29 is 23.4 Å². The van der Waals surface area contributed by atoms with Gasteiger partial charge in [0.25, 0.3) is 0 Å². The Labute approximate surface area is 222 Å². The summed E-state index contributed by atoms with van der Waals surface area (Å²) in [6, 6.07) is 5.16. The minimum Gasteiger partial charge on any atom is -0.488 e. The molecular weight excluding hydrogens is 510 g/mol. The lowest BCUT2D eigenvalue weighted by Gasteiger charge is -2.41. The van der Waals surface area contributed by atoms with Crippen molar-refractivity contribution in [2.75, 3.05) is 32.9 Å². The Hall–Kier alpha value is -3.99. The number of piperidine rings is 1. The number of aromatic nitrogens is 6. The van der Waals surface area contributed by atoms with Crippen LogP contribution in [0.15, 0.2) is 30.7 Å². The molecular formula is C26H26F2N8O3. The van der Waals surface area contributed by atoms with Crippen LogP contribution < -0.4 is 4.74 Å². The van der Waals surface area contributed by atoms with Gasteiger partial charge >= 0.3 is 0 Å². The first kappa shape index (κ1) is 25.3. The average Bonchev–Trinajstić information content (AvgIpc) is 3.49. The summed E-state index contributed by atoms with van der Waals surface area (Å²) in [6.45, 7) is 5.14. The summed E-state index contributed by atoms with van der Waals surface area (Å²) in [5, 5.41) is 33.2. The molecule has 0 bridgehead atoms. The third-order valence-corrected chi connectivity index (χ3v) is 7.43. The Morgan fingerprint density at radius 2 is 2.00 bits per heavy atom. The van der Waals surface area contributed by atoms with Crippen molar-refractivity contribution in [2.24, 2.45) is 0 Å². The van der Waals surface area contributed by atoms with Crippen LogP contribution in [0.4, 0.5) is 8.78 Å². The molecule has 1 atom stereocenters. The Morgan fingerprint density at radius 1 is 1.21 bits per heavy atom. The number of halogens is 2. The Bertz CT molecular complexity index is 1550. The molecule has 0 radical (unpaired) electrons. The van der Waals surface area contributed by atoms with Gasteiger partial charge in [0, 0.05) is 30.9 Å². The monoisotopic (exact) mass is 536 g/mol. The molecule has 6 rings (SSSR count). The van der Waals surface area contributed by atoms with Gasteiger partial charge in [-0.2, -0.15) is 10.4 Å². The number of ether oxygens (including phenoxy) is 2. The number of nitriles is 1. The Balaban J connectivity index is 1.26. The molecule has 39 heavy (non-hydrogen) atoms. The van der Waals surface area contributed by atoms with E-state index in [2.05, 4.69) is 31.4 Å². The molecule has 13 heteroatoms. The highest BCUT2D eigenvalue weighted by Gasteiger charge is 2.31. The maximum atomic E-state index is 14.1. The van der Waals surface area contributed by atoms with Gasteiger partial charge in [-0.25, -0.2) is 18.0 Å². The second-order valence-electron chi connectivity index (χ2n) is 9.83. The van der Waals surface area contributed by atoms with E-state index in [9.17, 15) is 19.1 Å². The lowest BCUT2D eigenvalue weighted by molar-refractivity contribution is -0.0735. The number of aliphatic hydroxyl groups is 1. The summed E-state index contributed by atoms with van der Waals surface area (Å²) >= 11 is 0. The van der Waals surface area contributed by atoms with Crippen LogP contribution >= 0.6 is 0 Å². The van der Waals surface area contributed by atoms with Crippen LogP contribution in [0.3, 0.4) is 0 Å². The van der Waals surface area contributed by atoms with Crippen molar-refractivity contribution in [3.05, 3.63) is 59.3 Å². The van der Waals surface area contributed by atoms with E-state index >= 15 is 0 Å². The molecule has 1 N–H and O–H groups in total. The van der Waals surface area contributed by atoms with Gasteiger partial charge in [0.05, 0.1) is 43.4 Å². The van der Waals surface area contributed by atoms with Gasteiger partial charge in [0.2, 0.25) is 0 Å². The van der Waals surface area contributed by atoms with Gasteiger partial charge in [0.1, 0.15) is 58.6 Å². The minimum absolute atomic E-state index is 0.228. The van der Waals surface area contributed by atoms with E-state index in [1.807, 2.05) is 11.6 Å². The van der Waals surface area contributed by atoms with Crippen LogP contribution in [-0.2, 0) is 4.74 Å². The van der Waals surface area contributed by atoms with E-state index in [1.54, 1.807) is 12.3 Å².